The summed E-state index contributed by atoms with van der Waals surface area (Å²) in [7, 11) is 0. The number of aryl methyl sites for hydroxylation is 1. The van der Waals surface area contributed by atoms with Gasteiger partial charge >= 0.3 is 0 Å². The SMILES string of the molecule is Cc1ccc(NCCn2ccc3ccc(C#N)cc32)cc1. The van der Waals surface area contributed by atoms with E-state index < -0.39 is 0 Å². The molecule has 104 valence electrons. The Kier molecular flexibility index (Phi) is 3.61. The van der Waals surface area contributed by atoms with Gasteiger partial charge in [-0.1, -0.05) is 23.8 Å². The molecule has 1 N–H and O–H groups in total. The summed E-state index contributed by atoms with van der Waals surface area (Å²) >= 11 is 0. The van der Waals surface area contributed by atoms with E-state index in [1.807, 2.05) is 18.2 Å². The summed E-state index contributed by atoms with van der Waals surface area (Å²) in [6.07, 6.45) is 2.07. The van der Waals surface area contributed by atoms with Crippen molar-refractivity contribution in [2.24, 2.45) is 0 Å². The minimum atomic E-state index is 0.703. The van der Waals surface area contributed by atoms with Crippen molar-refractivity contribution in [1.29, 1.82) is 5.26 Å². The van der Waals surface area contributed by atoms with E-state index in [4.69, 9.17) is 5.26 Å². The number of anilines is 1. The van der Waals surface area contributed by atoms with Gasteiger partial charge in [-0.05, 0) is 42.6 Å². The Balaban J connectivity index is 1.70. The van der Waals surface area contributed by atoms with Crippen LogP contribution in [-0.2, 0) is 6.54 Å². The van der Waals surface area contributed by atoms with Crippen LogP contribution in [0.3, 0.4) is 0 Å². The Morgan fingerprint density at radius 1 is 1.10 bits per heavy atom. The third-order valence-electron chi connectivity index (χ3n) is 3.64. The lowest BCUT2D eigenvalue weighted by molar-refractivity contribution is 0.757. The quantitative estimate of drug-likeness (QED) is 0.783. The second-order valence-electron chi connectivity index (χ2n) is 5.19. The lowest BCUT2D eigenvalue weighted by atomic mass is 10.2. The number of nitrogens with zero attached hydrogens (tertiary/aromatic N) is 2. The predicted octanol–water partition coefficient (Wildman–Crippen LogP) is 3.93. The molecule has 0 atom stereocenters. The average Bonchev–Trinajstić information content (AvgIpc) is 2.91. The molecule has 0 aliphatic rings. The van der Waals surface area contributed by atoms with Gasteiger partial charge in [0.05, 0.1) is 11.6 Å². The second-order valence-corrected chi connectivity index (χ2v) is 5.19. The summed E-state index contributed by atoms with van der Waals surface area (Å²) in [5.41, 5.74) is 4.21. The highest BCUT2D eigenvalue weighted by molar-refractivity contribution is 5.81. The molecule has 0 amide bonds. The van der Waals surface area contributed by atoms with E-state index in [0.29, 0.717) is 5.56 Å². The van der Waals surface area contributed by atoms with Crippen LogP contribution in [-0.4, -0.2) is 11.1 Å². The molecule has 0 fully saturated rings. The molecule has 3 aromatic rings. The van der Waals surface area contributed by atoms with Gasteiger partial charge in [-0.15, -0.1) is 0 Å². The molecule has 0 saturated carbocycles. The minimum Gasteiger partial charge on any atom is -0.383 e. The summed E-state index contributed by atoms with van der Waals surface area (Å²) in [4.78, 5) is 0. The van der Waals surface area contributed by atoms with E-state index in [1.54, 1.807) is 0 Å². The van der Waals surface area contributed by atoms with Crippen molar-refractivity contribution in [3.05, 3.63) is 65.9 Å². The first-order valence-electron chi connectivity index (χ1n) is 7.06. The monoisotopic (exact) mass is 275 g/mol. The fourth-order valence-corrected chi connectivity index (χ4v) is 2.44. The van der Waals surface area contributed by atoms with Crippen LogP contribution in [0.5, 0.6) is 0 Å². The predicted molar refractivity (Wildman–Crippen MR) is 86.3 cm³/mol. The van der Waals surface area contributed by atoms with Gasteiger partial charge in [-0.2, -0.15) is 5.26 Å². The molecule has 0 spiro atoms. The van der Waals surface area contributed by atoms with Gasteiger partial charge in [0.15, 0.2) is 0 Å². The van der Waals surface area contributed by atoms with Crippen molar-refractivity contribution in [3.63, 3.8) is 0 Å². The van der Waals surface area contributed by atoms with Crippen LogP contribution in [0.2, 0.25) is 0 Å². The highest BCUT2D eigenvalue weighted by Crippen LogP contribution is 2.17. The minimum absolute atomic E-state index is 0.703. The first-order valence-corrected chi connectivity index (χ1v) is 7.06. The van der Waals surface area contributed by atoms with Crippen LogP contribution in [0.4, 0.5) is 5.69 Å². The third-order valence-corrected chi connectivity index (χ3v) is 3.64. The number of fused-ring (bicyclic) bond motifs is 1. The normalized spacial score (nSPS) is 10.5. The molecule has 0 aliphatic carbocycles. The van der Waals surface area contributed by atoms with E-state index >= 15 is 0 Å². The van der Waals surface area contributed by atoms with E-state index in [9.17, 15) is 0 Å². The third kappa shape index (κ3) is 2.90. The maximum Gasteiger partial charge on any atom is 0.0992 e. The largest absolute Gasteiger partial charge is 0.383 e. The zero-order chi connectivity index (χ0) is 14.7. The van der Waals surface area contributed by atoms with E-state index in [1.165, 1.54) is 10.9 Å². The maximum absolute atomic E-state index is 9.00. The Bertz CT molecular complexity index is 791. The first-order chi connectivity index (χ1) is 10.3. The molecule has 2 aromatic carbocycles. The van der Waals surface area contributed by atoms with Gasteiger partial charge in [0.2, 0.25) is 0 Å². The maximum atomic E-state index is 9.00. The number of hydrogen-bond donors (Lipinski definition) is 1. The Morgan fingerprint density at radius 2 is 1.90 bits per heavy atom. The van der Waals surface area contributed by atoms with E-state index in [2.05, 4.69) is 59.4 Å². The summed E-state index contributed by atoms with van der Waals surface area (Å²) in [5, 5.41) is 13.6. The zero-order valence-corrected chi connectivity index (χ0v) is 12.0. The number of aromatic nitrogens is 1. The molecule has 0 bridgehead atoms. The highest BCUT2D eigenvalue weighted by Gasteiger charge is 2.02. The van der Waals surface area contributed by atoms with Crippen molar-refractivity contribution >= 4 is 16.6 Å². The average molecular weight is 275 g/mol. The number of hydrogen-bond acceptors (Lipinski definition) is 2. The molecular weight excluding hydrogens is 258 g/mol. The lowest BCUT2D eigenvalue weighted by Crippen LogP contribution is -2.09. The summed E-state index contributed by atoms with van der Waals surface area (Å²) in [6, 6.07) is 18.5. The van der Waals surface area contributed by atoms with Crippen LogP contribution in [0, 0.1) is 18.3 Å². The van der Waals surface area contributed by atoms with Crippen LogP contribution in [0.15, 0.2) is 54.7 Å². The fourth-order valence-electron chi connectivity index (χ4n) is 2.44. The lowest BCUT2D eigenvalue weighted by Gasteiger charge is -2.09. The molecule has 3 rings (SSSR count). The Morgan fingerprint density at radius 3 is 2.67 bits per heavy atom. The first kappa shape index (κ1) is 13.3. The molecular formula is C18H17N3. The van der Waals surface area contributed by atoms with Gasteiger partial charge in [-0.25, -0.2) is 0 Å². The van der Waals surface area contributed by atoms with Gasteiger partial charge in [0.1, 0.15) is 0 Å². The Hall–Kier alpha value is -2.73. The topological polar surface area (TPSA) is 40.8 Å². The van der Waals surface area contributed by atoms with Crippen molar-refractivity contribution < 1.29 is 0 Å². The summed E-state index contributed by atoms with van der Waals surface area (Å²) in [5.74, 6) is 0. The molecule has 1 heterocycles. The van der Waals surface area contributed by atoms with Gasteiger partial charge in [-0.3, -0.25) is 0 Å². The molecule has 0 aliphatic heterocycles. The number of rotatable bonds is 4. The standard InChI is InChI=1S/C18H17N3/c1-14-2-6-17(7-3-14)20-9-11-21-10-8-16-5-4-15(13-19)12-18(16)21/h2-8,10,12,20H,9,11H2,1H3. The molecule has 1 aromatic heterocycles. The molecule has 3 heteroatoms. The number of nitrogens with one attached hydrogen (secondary N) is 1. The smallest absolute Gasteiger partial charge is 0.0992 e. The number of benzene rings is 2. The van der Waals surface area contributed by atoms with Crippen LogP contribution < -0.4 is 5.32 Å². The Labute approximate surface area is 124 Å². The van der Waals surface area contributed by atoms with E-state index in [-0.39, 0.29) is 0 Å². The van der Waals surface area contributed by atoms with Crippen molar-refractivity contribution in [3.8, 4) is 6.07 Å². The van der Waals surface area contributed by atoms with Crippen molar-refractivity contribution in [2.45, 2.75) is 13.5 Å². The zero-order valence-electron chi connectivity index (χ0n) is 12.0. The molecule has 0 radical (unpaired) electrons. The van der Waals surface area contributed by atoms with Crippen molar-refractivity contribution in [1.82, 2.24) is 4.57 Å². The molecule has 0 unspecified atom stereocenters. The second kappa shape index (κ2) is 5.72. The van der Waals surface area contributed by atoms with Gasteiger partial charge in [0, 0.05) is 30.5 Å². The fraction of sp³-hybridized carbons (Fsp3) is 0.167. The van der Waals surface area contributed by atoms with Gasteiger partial charge in [0.25, 0.3) is 0 Å². The molecule has 3 nitrogen and oxygen atoms in total. The van der Waals surface area contributed by atoms with Crippen LogP contribution in [0.25, 0.3) is 10.9 Å². The van der Waals surface area contributed by atoms with Crippen LogP contribution >= 0.6 is 0 Å². The number of nitriles is 1. The van der Waals surface area contributed by atoms with Gasteiger partial charge < -0.3 is 9.88 Å². The van der Waals surface area contributed by atoms with E-state index in [0.717, 1.165) is 24.3 Å². The summed E-state index contributed by atoms with van der Waals surface area (Å²) < 4.78 is 2.18. The summed E-state index contributed by atoms with van der Waals surface area (Å²) in [6.45, 7) is 3.80. The van der Waals surface area contributed by atoms with Crippen LogP contribution in [0.1, 0.15) is 11.1 Å². The van der Waals surface area contributed by atoms with Crippen molar-refractivity contribution in [2.75, 3.05) is 11.9 Å². The molecule has 21 heavy (non-hydrogen) atoms. The molecule has 0 saturated heterocycles. The highest BCUT2D eigenvalue weighted by atomic mass is 15.0.